The Labute approximate surface area is 468 Å². The van der Waals surface area contributed by atoms with Crippen LogP contribution in [-0.2, 0) is 63.8 Å². The molecular formula is C62H54N12O8. The molecule has 0 unspecified atom stereocenters. The number of methoxy groups -OCH3 is 4. The van der Waals surface area contributed by atoms with E-state index in [0.29, 0.717) is 78.7 Å². The number of ether oxygens (including phenoxy) is 4. The Morgan fingerprint density at radius 3 is 0.939 bits per heavy atom. The topological polar surface area (TPSA) is 256 Å². The Bertz CT molecular complexity index is 4060. The van der Waals surface area contributed by atoms with Crippen molar-refractivity contribution in [3.05, 3.63) is 154 Å². The minimum absolute atomic E-state index is 0.0758. The van der Waals surface area contributed by atoms with Crippen LogP contribution in [0.5, 0.6) is 0 Å². The molecule has 20 nitrogen and oxygen atoms in total. The number of carbonyl (C=O) groups excluding carboxylic acids is 4. The summed E-state index contributed by atoms with van der Waals surface area (Å²) in [6.07, 6.45) is 27.5. The summed E-state index contributed by atoms with van der Waals surface area (Å²) in [5.41, 5.74) is 16.2. The number of fused-ring (bicyclic) bond motifs is 16. The fourth-order valence-corrected chi connectivity index (χ4v) is 10.8. The lowest BCUT2D eigenvalue weighted by Crippen LogP contribution is -2.03. The molecule has 8 aromatic heterocycles. The molecule has 4 aliphatic heterocycles. The number of hydrogen-bond acceptors (Lipinski definition) is 14. The van der Waals surface area contributed by atoms with E-state index in [-0.39, 0.29) is 75.2 Å². The number of aromatic nitrogens is 12. The van der Waals surface area contributed by atoms with E-state index >= 15 is 0 Å². The van der Waals surface area contributed by atoms with E-state index < -0.39 is 0 Å². The summed E-state index contributed by atoms with van der Waals surface area (Å²) < 4.78 is 24.4. The molecule has 12 rings (SSSR count). The van der Waals surface area contributed by atoms with E-state index in [2.05, 4.69) is 29.9 Å². The number of rotatable bonds is 15. The number of esters is 4. The van der Waals surface area contributed by atoms with Crippen LogP contribution >= 0.6 is 0 Å². The van der Waals surface area contributed by atoms with Gasteiger partial charge in [-0.15, -0.1) is 0 Å². The van der Waals surface area contributed by atoms with Gasteiger partial charge in [0.15, 0.2) is 0 Å². The molecule has 0 amide bonds. The van der Waals surface area contributed by atoms with Crippen LogP contribution in [0.4, 0.5) is 0 Å². The van der Waals surface area contributed by atoms with Gasteiger partial charge in [0.1, 0.15) is 0 Å². The standard InChI is InChI=1S/C62H54N12O8/c1-79-55(75)25-5-35-39-9-17-47(65-39)59(48-18-10-40(66-48)36(6-26-56(76)80-2)44-14-22-52(70-44)61(73-31-29-63-33-73)51-21-13-43(35)69-51)60-49-19-11-41(67-49)37(7-27-57(77)81-3)45-15-23-53(71-45)62(74-32-30-64-34-74)54-24-16-46(72-54)38(8-28-58(78)82-4)42-12-20-50(60)68-42/h9-24,29-34,65,67,70,72H,5-8,25-28H2,1-4H3. The van der Waals surface area contributed by atoms with Crippen LogP contribution in [0.15, 0.2) is 86.0 Å². The predicted molar refractivity (Wildman–Crippen MR) is 312 cm³/mol. The van der Waals surface area contributed by atoms with Crippen LogP contribution < -0.4 is 0 Å². The van der Waals surface area contributed by atoms with Gasteiger partial charge < -0.3 is 48.0 Å². The van der Waals surface area contributed by atoms with Crippen LogP contribution in [0.3, 0.4) is 0 Å². The van der Waals surface area contributed by atoms with Gasteiger partial charge in [-0.05, 0) is 123 Å². The molecule has 16 bridgehead atoms. The van der Waals surface area contributed by atoms with E-state index in [0.717, 1.165) is 55.7 Å². The van der Waals surface area contributed by atoms with Crippen molar-refractivity contribution >= 4 is 117 Å². The number of nitrogens with one attached hydrogen (secondary N) is 4. The second-order valence-electron chi connectivity index (χ2n) is 19.6. The number of nitrogens with zero attached hydrogens (tertiary/aromatic N) is 8. The molecule has 0 fully saturated rings. The molecule has 4 aliphatic rings. The number of carbonyl (C=O) groups is 4. The maximum absolute atomic E-state index is 13.0. The Kier molecular flexibility index (Phi) is 14.2. The number of aryl methyl sites for hydroxylation is 4. The molecule has 4 N–H and O–H groups in total. The van der Waals surface area contributed by atoms with Crippen LogP contribution in [-0.4, -0.2) is 111 Å². The lowest BCUT2D eigenvalue weighted by Gasteiger charge is -2.08. The van der Waals surface area contributed by atoms with E-state index in [4.69, 9.17) is 38.9 Å². The minimum atomic E-state index is -0.379. The summed E-state index contributed by atoms with van der Waals surface area (Å²) in [5.74, 6) is -1.51. The average Bonchev–Trinajstić information content (AvgIpc) is 4.53. The van der Waals surface area contributed by atoms with Gasteiger partial charge in [0.25, 0.3) is 0 Å². The maximum Gasteiger partial charge on any atom is 0.305 e. The molecule has 8 aromatic rings. The van der Waals surface area contributed by atoms with E-state index in [1.165, 1.54) is 28.4 Å². The van der Waals surface area contributed by atoms with E-state index in [9.17, 15) is 19.2 Å². The molecule has 12 heterocycles. The highest BCUT2D eigenvalue weighted by Crippen LogP contribution is 2.39. The van der Waals surface area contributed by atoms with Crippen molar-refractivity contribution in [3.63, 3.8) is 0 Å². The van der Waals surface area contributed by atoms with Crippen LogP contribution in [0.1, 0.15) is 93.5 Å². The van der Waals surface area contributed by atoms with Crippen molar-refractivity contribution in [2.24, 2.45) is 0 Å². The maximum atomic E-state index is 13.0. The zero-order chi connectivity index (χ0) is 56.4. The van der Waals surface area contributed by atoms with Gasteiger partial charge in [-0.3, -0.25) is 19.2 Å². The predicted octanol–water partition coefficient (Wildman–Crippen LogP) is 10.1. The van der Waals surface area contributed by atoms with Crippen molar-refractivity contribution in [1.29, 1.82) is 0 Å². The summed E-state index contributed by atoms with van der Waals surface area (Å²) in [6.45, 7) is 0. The van der Waals surface area contributed by atoms with Crippen molar-refractivity contribution in [2.45, 2.75) is 51.4 Å². The second kappa shape index (κ2) is 22.3. The van der Waals surface area contributed by atoms with Gasteiger partial charge in [0, 0.05) is 117 Å². The molecule has 20 heteroatoms. The molecule has 410 valence electrons. The first-order chi connectivity index (χ1) is 40.1. The number of hydrogen-bond donors (Lipinski definition) is 4. The Morgan fingerprint density at radius 1 is 0.366 bits per heavy atom. The number of H-pyrrole nitrogens is 4. The lowest BCUT2D eigenvalue weighted by molar-refractivity contribution is -0.141. The molecule has 0 radical (unpaired) electrons. The molecule has 0 spiro atoms. The first-order valence-corrected chi connectivity index (χ1v) is 26.6. The smallest absolute Gasteiger partial charge is 0.305 e. The Morgan fingerprint density at radius 2 is 0.634 bits per heavy atom. The summed E-state index contributed by atoms with van der Waals surface area (Å²) in [7, 11) is 5.49. The van der Waals surface area contributed by atoms with Gasteiger partial charge >= 0.3 is 23.9 Å². The third-order valence-electron chi connectivity index (χ3n) is 14.9. The second-order valence-corrected chi connectivity index (χ2v) is 19.6. The first kappa shape index (κ1) is 52.2. The highest BCUT2D eigenvalue weighted by atomic mass is 16.5. The molecule has 82 heavy (non-hydrogen) atoms. The summed E-state index contributed by atoms with van der Waals surface area (Å²) in [4.78, 5) is 96.8. The highest BCUT2D eigenvalue weighted by molar-refractivity contribution is 6.02. The molecular weight excluding hydrogens is 1040 g/mol. The quantitative estimate of drug-likeness (QED) is 0.0550. The van der Waals surface area contributed by atoms with Crippen LogP contribution in [0.2, 0.25) is 0 Å². The molecule has 0 saturated carbocycles. The fourth-order valence-electron chi connectivity index (χ4n) is 10.8. The van der Waals surface area contributed by atoms with E-state index in [1.807, 2.05) is 119 Å². The van der Waals surface area contributed by atoms with Crippen LogP contribution in [0, 0.1) is 0 Å². The minimum Gasteiger partial charge on any atom is -0.469 e. The van der Waals surface area contributed by atoms with Gasteiger partial charge in [0.2, 0.25) is 0 Å². The van der Waals surface area contributed by atoms with Crippen LogP contribution in [0.25, 0.3) is 115 Å². The summed E-state index contributed by atoms with van der Waals surface area (Å²) in [6, 6.07) is 15.8. The Balaban J connectivity index is 1.23. The van der Waals surface area contributed by atoms with Gasteiger partial charge in [-0.25, -0.2) is 29.9 Å². The van der Waals surface area contributed by atoms with Crippen molar-refractivity contribution in [2.75, 3.05) is 28.4 Å². The molecule has 0 aromatic carbocycles. The number of aromatic amines is 4. The van der Waals surface area contributed by atoms with Crippen molar-refractivity contribution in [1.82, 2.24) is 59.0 Å². The average molecular weight is 1100 g/mol. The van der Waals surface area contributed by atoms with Crippen molar-refractivity contribution < 1.29 is 38.1 Å². The third-order valence-corrected chi connectivity index (χ3v) is 14.9. The third kappa shape index (κ3) is 10.1. The largest absolute Gasteiger partial charge is 0.469 e. The van der Waals surface area contributed by atoms with Gasteiger partial charge in [-0.1, -0.05) is 0 Å². The lowest BCUT2D eigenvalue weighted by atomic mass is 10.0. The molecule has 0 aliphatic carbocycles. The monoisotopic (exact) mass is 1090 g/mol. The summed E-state index contributed by atoms with van der Waals surface area (Å²) in [5, 5.41) is 0. The normalized spacial score (nSPS) is 12.3. The van der Waals surface area contributed by atoms with Gasteiger partial charge in [0.05, 0.1) is 109 Å². The SMILES string of the molecule is COC(=O)CCc1c2nc(c(-n3ccnc3)c3ccc([nH]3)c(CCC(=O)OC)c3nc(c(-c4c5nc(c(CCC(=O)OC)c6ccc([nH]6)c(-n6ccnc6)c6nc(c(CCC(=O)OC)c7ccc4[nH]7)C=C6)C=C5)c4ccc1[nH]4)C=C3)C=C2. The van der Waals surface area contributed by atoms with E-state index in [1.54, 1.807) is 25.0 Å². The first-order valence-electron chi connectivity index (χ1n) is 26.6. The molecule has 0 saturated heterocycles. The molecule has 0 atom stereocenters. The van der Waals surface area contributed by atoms with Crippen molar-refractivity contribution in [3.8, 4) is 22.5 Å². The Hall–Kier alpha value is -10.5. The zero-order valence-electron chi connectivity index (χ0n) is 45.2. The zero-order valence-corrected chi connectivity index (χ0v) is 45.2. The number of imidazole rings is 2. The summed E-state index contributed by atoms with van der Waals surface area (Å²) >= 11 is 0. The highest BCUT2D eigenvalue weighted by Gasteiger charge is 2.24. The fraction of sp³-hybridized carbons (Fsp3) is 0.194. The van der Waals surface area contributed by atoms with Gasteiger partial charge in [-0.2, -0.15) is 0 Å².